The zero-order valence-electron chi connectivity index (χ0n) is 13.4. The monoisotopic (exact) mass is 307 g/mol. The number of ether oxygens (including phenoxy) is 2. The number of Topliss-reactive ketones (excluding diaryl/α,β-unsaturated/α-hetero) is 1. The molecule has 0 aliphatic carbocycles. The molecule has 5 nitrogen and oxygen atoms in total. The Balaban J connectivity index is 1.92. The van der Waals surface area contributed by atoms with Gasteiger partial charge in [-0.2, -0.15) is 0 Å². The zero-order chi connectivity index (χ0) is 15.9. The van der Waals surface area contributed by atoms with Gasteiger partial charge in [0.2, 0.25) is 0 Å². The summed E-state index contributed by atoms with van der Waals surface area (Å²) in [6.45, 7) is 4.78. The van der Waals surface area contributed by atoms with Gasteiger partial charge in [-0.05, 0) is 44.1 Å². The van der Waals surface area contributed by atoms with Crippen molar-refractivity contribution in [3.8, 4) is 11.5 Å². The van der Waals surface area contributed by atoms with Crippen molar-refractivity contribution in [1.82, 2.24) is 4.90 Å². The first-order valence-corrected chi connectivity index (χ1v) is 7.88. The van der Waals surface area contributed by atoms with Crippen LogP contribution in [0.1, 0.15) is 36.5 Å². The number of aliphatic hydroxyl groups excluding tert-OH is 1. The van der Waals surface area contributed by atoms with Gasteiger partial charge in [-0.3, -0.25) is 4.79 Å². The Morgan fingerprint density at radius 1 is 1.32 bits per heavy atom. The quantitative estimate of drug-likeness (QED) is 0.746. The van der Waals surface area contributed by atoms with Crippen molar-refractivity contribution in [2.75, 3.05) is 33.4 Å². The SMILES string of the molecule is CCC(=O)c1ccc(OCC(O)CN2CCCC2)c(OC)c1. The number of ketones is 1. The van der Waals surface area contributed by atoms with E-state index in [4.69, 9.17) is 9.47 Å². The first-order valence-electron chi connectivity index (χ1n) is 7.88. The highest BCUT2D eigenvalue weighted by molar-refractivity contribution is 5.96. The van der Waals surface area contributed by atoms with Gasteiger partial charge < -0.3 is 19.5 Å². The molecule has 0 radical (unpaired) electrons. The minimum Gasteiger partial charge on any atom is -0.493 e. The van der Waals surface area contributed by atoms with E-state index in [9.17, 15) is 9.90 Å². The standard InChI is InChI=1S/C17H25NO4/c1-3-15(20)13-6-7-16(17(10-13)21-2)22-12-14(19)11-18-8-4-5-9-18/h6-7,10,14,19H,3-5,8-9,11-12H2,1-2H3. The van der Waals surface area contributed by atoms with E-state index in [1.807, 2.05) is 6.92 Å². The fraction of sp³-hybridized carbons (Fsp3) is 0.588. The van der Waals surface area contributed by atoms with Gasteiger partial charge in [-0.25, -0.2) is 0 Å². The summed E-state index contributed by atoms with van der Waals surface area (Å²) in [6, 6.07) is 5.15. The number of aliphatic hydroxyl groups is 1. The van der Waals surface area contributed by atoms with Crippen LogP contribution in [-0.2, 0) is 0 Å². The highest BCUT2D eigenvalue weighted by atomic mass is 16.5. The Bertz CT molecular complexity index is 497. The second kappa shape index (κ2) is 8.15. The van der Waals surface area contributed by atoms with Gasteiger partial charge in [0.15, 0.2) is 17.3 Å². The number of rotatable bonds is 8. The van der Waals surface area contributed by atoms with Crippen LogP contribution < -0.4 is 9.47 Å². The molecular formula is C17H25NO4. The van der Waals surface area contributed by atoms with E-state index in [0.29, 0.717) is 30.0 Å². The topological polar surface area (TPSA) is 59.0 Å². The molecule has 22 heavy (non-hydrogen) atoms. The summed E-state index contributed by atoms with van der Waals surface area (Å²) in [5, 5.41) is 10.1. The fourth-order valence-electron chi connectivity index (χ4n) is 2.67. The van der Waals surface area contributed by atoms with Crippen molar-refractivity contribution in [1.29, 1.82) is 0 Å². The third-order valence-electron chi connectivity index (χ3n) is 3.91. The Hall–Kier alpha value is -1.59. The van der Waals surface area contributed by atoms with Crippen LogP contribution in [0.25, 0.3) is 0 Å². The molecule has 1 aliphatic rings. The Morgan fingerprint density at radius 3 is 2.68 bits per heavy atom. The van der Waals surface area contributed by atoms with Crippen molar-refractivity contribution >= 4 is 5.78 Å². The van der Waals surface area contributed by atoms with Crippen LogP contribution in [0.3, 0.4) is 0 Å². The van der Waals surface area contributed by atoms with Crippen molar-refractivity contribution < 1.29 is 19.4 Å². The Kier molecular flexibility index (Phi) is 6.21. The molecule has 2 rings (SSSR count). The summed E-state index contributed by atoms with van der Waals surface area (Å²) in [4.78, 5) is 14.0. The highest BCUT2D eigenvalue weighted by Crippen LogP contribution is 2.28. The second-order valence-corrected chi connectivity index (χ2v) is 5.61. The summed E-state index contributed by atoms with van der Waals surface area (Å²) in [5.41, 5.74) is 0.615. The first kappa shape index (κ1) is 16.8. The number of hydrogen-bond donors (Lipinski definition) is 1. The smallest absolute Gasteiger partial charge is 0.162 e. The summed E-state index contributed by atoms with van der Waals surface area (Å²) < 4.78 is 10.9. The number of carbonyl (C=O) groups is 1. The second-order valence-electron chi connectivity index (χ2n) is 5.61. The summed E-state index contributed by atoms with van der Waals surface area (Å²) in [7, 11) is 1.54. The minimum absolute atomic E-state index is 0.0684. The molecule has 0 amide bonds. The molecule has 1 heterocycles. The van der Waals surface area contributed by atoms with Crippen LogP contribution in [0, 0.1) is 0 Å². The average molecular weight is 307 g/mol. The van der Waals surface area contributed by atoms with E-state index in [-0.39, 0.29) is 12.4 Å². The van der Waals surface area contributed by atoms with Gasteiger partial charge in [-0.15, -0.1) is 0 Å². The number of hydrogen-bond acceptors (Lipinski definition) is 5. The summed E-state index contributed by atoms with van der Waals surface area (Å²) in [5.74, 6) is 1.14. The maximum absolute atomic E-state index is 11.7. The number of benzene rings is 1. The van der Waals surface area contributed by atoms with Crippen LogP contribution in [-0.4, -0.2) is 55.2 Å². The van der Waals surface area contributed by atoms with Gasteiger partial charge in [0, 0.05) is 18.5 Å². The van der Waals surface area contributed by atoms with Gasteiger partial charge in [-0.1, -0.05) is 6.92 Å². The van der Waals surface area contributed by atoms with Gasteiger partial charge >= 0.3 is 0 Å². The zero-order valence-corrected chi connectivity index (χ0v) is 13.4. The third kappa shape index (κ3) is 4.45. The van der Waals surface area contributed by atoms with Crippen LogP contribution in [0.4, 0.5) is 0 Å². The molecule has 5 heteroatoms. The van der Waals surface area contributed by atoms with Crippen molar-refractivity contribution in [3.05, 3.63) is 23.8 Å². The van der Waals surface area contributed by atoms with E-state index in [1.165, 1.54) is 12.8 Å². The third-order valence-corrected chi connectivity index (χ3v) is 3.91. The molecule has 1 unspecified atom stereocenters. The molecular weight excluding hydrogens is 282 g/mol. The summed E-state index contributed by atoms with van der Waals surface area (Å²) >= 11 is 0. The van der Waals surface area contributed by atoms with Crippen molar-refractivity contribution in [2.45, 2.75) is 32.3 Å². The molecule has 0 saturated carbocycles. The van der Waals surface area contributed by atoms with E-state index < -0.39 is 6.10 Å². The Morgan fingerprint density at radius 2 is 2.05 bits per heavy atom. The lowest BCUT2D eigenvalue weighted by Crippen LogP contribution is -2.33. The molecule has 122 valence electrons. The van der Waals surface area contributed by atoms with E-state index in [1.54, 1.807) is 25.3 Å². The van der Waals surface area contributed by atoms with Gasteiger partial charge in [0.1, 0.15) is 12.7 Å². The molecule has 1 aromatic rings. The number of carbonyl (C=O) groups excluding carboxylic acids is 1. The molecule has 1 atom stereocenters. The molecule has 0 aromatic heterocycles. The largest absolute Gasteiger partial charge is 0.493 e. The Labute approximate surface area is 131 Å². The van der Waals surface area contributed by atoms with E-state index in [0.717, 1.165) is 13.1 Å². The first-order chi connectivity index (χ1) is 10.6. The predicted molar refractivity (Wildman–Crippen MR) is 84.8 cm³/mol. The highest BCUT2D eigenvalue weighted by Gasteiger charge is 2.17. The van der Waals surface area contributed by atoms with E-state index in [2.05, 4.69) is 4.90 Å². The number of nitrogens with zero attached hydrogens (tertiary/aromatic N) is 1. The fourth-order valence-corrected chi connectivity index (χ4v) is 2.67. The average Bonchev–Trinajstić information content (AvgIpc) is 3.04. The maximum atomic E-state index is 11.7. The van der Waals surface area contributed by atoms with Crippen LogP contribution in [0.2, 0.25) is 0 Å². The lowest BCUT2D eigenvalue weighted by molar-refractivity contribution is 0.0746. The molecule has 1 saturated heterocycles. The molecule has 1 aromatic carbocycles. The normalized spacial score (nSPS) is 16.5. The van der Waals surface area contributed by atoms with Gasteiger partial charge in [0.05, 0.1) is 7.11 Å². The van der Waals surface area contributed by atoms with Crippen LogP contribution in [0.5, 0.6) is 11.5 Å². The number of β-amino-alcohol motifs (C(OH)–C–C–N with tert-alkyl or cyclic N) is 1. The molecule has 1 fully saturated rings. The van der Waals surface area contributed by atoms with Crippen molar-refractivity contribution in [3.63, 3.8) is 0 Å². The molecule has 1 aliphatic heterocycles. The lowest BCUT2D eigenvalue weighted by Gasteiger charge is -2.20. The molecule has 0 spiro atoms. The number of methoxy groups -OCH3 is 1. The van der Waals surface area contributed by atoms with Crippen molar-refractivity contribution in [2.24, 2.45) is 0 Å². The lowest BCUT2D eigenvalue weighted by atomic mass is 10.1. The van der Waals surface area contributed by atoms with Crippen LogP contribution in [0.15, 0.2) is 18.2 Å². The van der Waals surface area contributed by atoms with Gasteiger partial charge in [0.25, 0.3) is 0 Å². The number of likely N-dealkylation sites (tertiary alicyclic amines) is 1. The minimum atomic E-state index is -0.528. The van der Waals surface area contributed by atoms with E-state index >= 15 is 0 Å². The van der Waals surface area contributed by atoms with Crippen LogP contribution >= 0.6 is 0 Å². The molecule has 1 N–H and O–H groups in total. The predicted octanol–water partition coefficient (Wildman–Crippen LogP) is 2.12. The molecule has 0 bridgehead atoms. The summed E-state index contributed by atoms with van der Waals surface area (Å²) in [6.07, 6.45) is 2.33. The maximum Gasteiger partial charge on any atom is 0.162 e.